The normalized spacial score (nSPS) is 12.6. The number of ether oxygens (including phenoxy) is 1. The summed E-state index contributed by atoms with van der Waals surface area (Å²) < 4.78 is 5.76. The fraction of sp³-hybridized carbons (Fsp3) is 0.789. The molecule has 0 radical (unpaired) electrons. The van der Waals surface area contributed by atoms with Gasteiger partial charge in [-0.3, -0.25) is 4.79 Å². The molecular weight excluding hydrogens is 306 g/mol. The van der Waals surface area contributed by atoms with Gasteiger partial charge >= 0.3 is 11.9 Å². The van der Waals surface area contributed by atoms with Crippen molar-refractivity contribution in [3.05, 3.63) is 12.7 Å². The molecule has 1 unspecified atom stereocenters. The Morgan fingerprint density at radius 1 is 1.12 bits per heavy atom. The quantitative estimate of drug-likeness (QED) is 0.213. The van der Waals surface area contributed by atoms with Crippen LogP contribution in [0.15, 0.2) is 12.7 Å². The molecule has 0 aromatic heterocycles. The summed E-state index contributed by atoms with van der Waals surface area (Å²) in [6, 6.07) is 0.273. The first-order valence-corrected chi connectivity index (χ1v) is 9.17. The number of esters is 1. The minimum atomic E-state index is -0.749. The van der Waals surface area contributed by atoms with E-state index in [1.54, 1.807) is 0 Å². The van der Waals surface area contributed by atoms with Crippen LogP contribution in [0.5, 0.6) is 0 Å². The number of rotatable bonds is 15. The number of carbonyl (C=O) groups excluding carboxylic acids is 1. The van der Waals surface area contributed by atoms with Gasteiger partial charge < -0.3 is 14.3 Å². The van der Waals surface area contributed by atoms with Crippen LogP contribution >= 0.6 is 0 Å². The average Bonchev–Trinajstić information content (AvgIpc) is 2.52. The number of nitrogens with zero attached hydrogens (tertiary/aromatic N) is 1. The van der Waals surface area contributed by atoms with Crippen LogP contribution in [-0.2, 0) is 14.3 Å². The van der Waals surface area contributed by atoms with Crippen molar-refractivity contribution in [1.29, 1.82) is 0 Å². The Kier molecular flexibility index (Phi) is 12.3. The number of aliphatic carboxylic acids is 1. The molecule has 5 nitrogen and oxygen atoms in total. The lowest BCUT2D eigenvalue weighted by Gasteiger charge is -2.38. The van der Waals surface area contributed by atoms with E-state index in [2.05, 4.69) is 27.6 Å². The number of unbranched alkanes of at least 4 members (excludes halogenated alkanes) is 5. The molecule has 0 aromatic rings. The Bertz CT molecular complexity index is 380. The van der Waals surface area contributed by atoms with Crippen molar-refractivity contribution in [3.63, 3.8) is 0 Å². The molecule has 1 atom stereocenters. The fourth-order valence-corrected chi connectivity index (χ4v) is 2.92. The number of hydrogen-bond acceptors (Lipinski definition) is 3. The standard InChI is InChI=1S/C19H35NO4/c1-5-7-8-9-10-11-12-17(13-14-18(21)22)20(3,4)15-16-24-19(23)6-2/h6,17H,2,5,7-16H2,1,3-4H3/p+1. The smallest absolute Gasteiger partial charge is 0.330 e. The largest absolute Gasteiger partial charge is 0.481 e. The Morgan fingerprint density at radius 3 is 2.33 bits per heavy atom. The highest BCUT2D eigenvalue weighted by molar-refractivity contribution is 5.81. The molecule has 140 valence electrons. The summed E-state index contributed by atoms with van der Waals surface area (Å²) in [6.45, 7) is 6.61. The molecule has 0 aliphatic heterocycles. The summed E-state index contributed by atoms with van der Waals surface area (Å²) in [6.07, 6.45) is 10.4. The van der Waals surface area contributed by atoms with Gasteiger partial charge in [-0.15, -0.1) is 0 Å². The molecule has 0 spiro atoms. The third-order valence-electron chi connectivity index (χ3n) is 4.65. The third kappa shape index (κ3) is 11.2. The maximum absolute atomic E-state index is 11.2. The number of carbonyl (C=O) groups is 2. The molecule has 24 heavy (non-hydrogen) atoms. The summed E-state index contributed by atoms with van der Waals surface area (Å²) in [5.74, 6) is -1.16. The molecule has 0 fully saturated rings. The molecule has 1 N–H and O–H groups in total. The number of carboxylic acid groups (broad SMARTS) is 1. The van der Waals surface area contributed by atoms with Gasteiger partial charge in [0.25, 0.3) is 0 Å². The Morgan fingerprint density at radius 2 is 1.75 bits per heavy atom. The van der Waals surface area contributed by atoms with Gasteiger partial charge in [0.05, 0.1) is 26.6 Å². The summed E-state index contributed by atoms with van der Waals surface area (Å²) in [5.41, 5.74) is 0. The van der Waals surface area contributed by atoms with Crippen LogP contribution in [0.4, 0.5) is 0 Å². The van der Waals surface area contributed by atoms with Crippen LogP contribution < -0.4 is 0 Å². The zero-order valence-electron chi connectivity index (χ0n) is 15.8. The predicted octanol–water partition coefficient (Wildman–Crippen LogP) is 3.78. The number of hydrogen-bond donors (Lipinski definition) is 1. The van der Waals surface area contributed by atoms with Crippen LogP contribution in [0.2, 0.25) is 0 Å². The van der Waals surface area contributed by atoms with Crippen LogP contribution in [0.1, 0.15) is 64.7 Å². The van der Waals surface area contributed by atoms with Gasteiger partial charge in [-0.25, -0.2) is 4.79 Å². The summed E-state index contributed by atoms with van der Waals surface area (Å²) >= 11 is 0. The van der Waals surface area contributed by atoms with Gasteiger partial charge in [-0.1, -0.05) is 45.6 Å². The summed E-state index contributed by atoms with van der Waals surface area (Å²) in [4.78, 5) is 22.1. The Balaban J connectivity index is 4.39. The zero-order valence-corrected chi connectivity index (χ0v) is 15.8. The van der Waals surface area contributed by atoms with Crippen molar-refractivity contribution in [2.24, 2.45) is 0 Å². The molecule has 0 amide bonds. The van der Waals surface area contributed by atoms with Crippen molar-refractivity contribution in [2.75, 3.05) is 27.2 Å². The van der Waals surface area contributed by atoms with Crippen LogP contribution in [-0.4, -0.2) is 54.8 Å². The SMILES string of the molecule is C=CC(=O)OCC[N+](C)(C)C(CCCCCCCC)CCC(=O)O. The number of carboxylic acids is 1. The molecular formula is C19H36NO4+. The highest BCUT2D eigenvalue weighted by Gasteiger charge is 2.28. The second-order valence-electron chi connectivity index (χ2n) is 7.02. The maximum atomic E-state index is 11.2. The highest BCUT2D eigenvalue weighted by atomic mass is 16.5. The molecule has 0 bridgehead atoms. The second kappa shape index (κ2) is 13.0. The first kappa shape index (κ1) is 22.6. The lowest BCUT2D eigenvalue weighted by molar-refractivity contribution is -0.915. The molecule has 0 aliphatic carbocycles. The Hall–Kier alpha value is -1.36. The topological polar surface area (TPSA) is 63.6 Å². The molecule has 5 heteroatoms. The van der Waals surface area contributed by atoms with E-state index in [0.717, 1.165) is 18.9 Å². The highest BCUT2D eigenvalue weighted by Crippen LogP contribution is 2.20. The van der Waals surface area contributed by atoms with Gasteiger partial charge in [0.15, 0.2) is 0 Å². The lowest BCUT2D eigenvalue weighted by Crippen LogP contribution is -2.51. The molecule has 0 aromatic carbocycles. The van der Waals surface area contributed by atoms with E-state index in [1.165, 1.54) is 32.1 Å². The van der Waals surface area contributed by atoms with Crippen LogP contribution in [0, 0.1) is 0 Å². The molecule has 0 aliphatic rings. The average molecular weight is 343 g/mol. The van der Waals surface area contributed by atoms with Gasteiger partial charge in [0.2, 0.25) is 0 Å². The predicted molar refractivity (Wildman–Crippen MR) is 96.8 cm³/mol. The van der Waals surface area contributed by atoms with Crippen LogP contribution in [0.25, 0.3) is 0 Å². The van der Waals surface area contributed by atoms with Gasteiger partial charge in [-0.2, -0.15) is 0 Å². The first-order valence-electron chi connectivity index (χ1n) is 9.17. The molecule has 0 saturated carbocycles. The van der Waals surface area contributed by atoms with E-state index in [4.69, 9.17) is 9.84 Å². The number of quaternary nitrogens is 1. The van der Waals surface area contributed by atoms with Gasteiger partial charge in [-0.05, 0) is 12.8 Å². The fourth-order valence-electron chi connectivity index (χ4n) is 2.92. The van der Waals surface area contributed by atoms with E-state index >= 15 is 0 Å². The Labute approximate surface area is 147 Å². The third-order valence-corrected chi connectivity index (χ3v) is 4.65. The van der Waals surface area contributed by atoms with E-state index in [1.807, 2.05) is 0 Å². The maximum Gasteiger partial charge on any atom is 0.330 e. The second-order valence-corrected chi connectivity index (χ2v) is 7.02. The minimum Gasteiger partial charge on any atom is -0.481 e. The monoisotopic (exact) mass is 342 g/mol. The zero-order chi connectivity index (χ0) is 18.4. The van der Waals surface area contributed by atoms with Crippen molar-refractivity contribution in [1.82, 2.24) is 0 Å². The molecule has 0 heterocycles. The number of likely N-dealkylation sites (N-methyl/N-ethyl adjacent to an activating group) is 1. The summed E-state index contributed by atoms with van der Waals surface area (Å²) in [7, 11) is 4.18. The minimum absolute atomic E-state index is 0.189. The lowest BCUT2D eigenvalue weighted by atomic mass is 9.99. The van der Waals surface area contributed by atoms with Crippen molar-refractivity contribution in [2.45, 2.75) is 70.8 Å². The van der Waals surface area contributed by atoms with Crippen molar-refractivity contribution < 1.29 is 23.9 Å². The van der Waals surface area contributed by atoms with Crippen molar-refractivity contribution in [3.8, 4) is 0 Å². The van der Waals surface area contributed by atoms with Crippen LogP contribution in [0.3, 0.4) is 0 Å². The molecule has 0 rings (SSSR count). The van der Waals surface area contributed by atoms with E-state index < -0.39 is 11.9 Å². The van der Waals surface area contributed by atoms with E-state index in [0.29, 0.717) is 24.1 Å². The van der Waals surface area contributed by atoms with E-state index in [9.17, 15) is 9.59 Å². The molecule has 0 saturated heterocycles. The van der Waals surface area contributed by atoms with Crippen molar-refractivity contribution >= 4 is 11.9 Å². The van der Waals surface area contributed by atoms with E-state index in [-0.39, 0.29) is 12.5 Å². The summed E-state index contributed by atoms with van der Waals surface area (Å²) in [5, 5.41) is 8.99. The first-order chi connectivity index (χ1) is 11.3. The van der Waals surface area contributed by atoms with Gasteiger partial charge in [0, 0.05) is 12.5 Å². The van der Waals surface area contributed by atoms with Gasteiger partial charge in [0.1, 0.15) is 13.2 Å².